The lowest BCUT2D eigenvalue weighted by molar-refractivity contribution is -0.113. The molecule has 1 saturated heterocycles. The number of imide groups is 1. The number of hydrogen-bond acceptors (Lipinski definition) is 5. The van der Waals surface area contributed by atoms with E-state index in [1.165, 1.54) is 4.90 Å². The first-order valence-corrected chi connectivity index (χ1v) is 11.6. The molecular weight excluding hydrogens is 490 g/mol. The zero-order valence-corrected chi connectivity index (χ0v) is 19.7. The summed E-state index contributed by atoms with van der Waals surface area (Å²) in [6.07, 6.45) is 1.70. The number of halogens is 1. The van der Waals surface area contributed by atoms with Crippen LogP contribution in [-0.4, -0.2) is 17.8 Å². The average Bonchev–Trinajstić information content (AvgIpc) is 3.08. The van der Waals surface area contributed by atoms with Crippen LogP contribution in [0, 0.1) is 0 Å². The van der Waals surface area contributed by atoms with E-state index >= 15 is 0 Å². The van der Waals surface area contributed by atoms with Crippen LogP contribution in [-0.2, 0) is 11.4 Å². The maximum Gasteiger partial charge on any atom is 0.298 e. The van der Waals surface area contributed by atoms with Crippen LogP contribution < -0.4 is 14.4 Å². The molecule has 0 N–H and O–H groups in total. The number of hydrogen-bond donors (Lipinski definition) is 0. The largest absolute Gasteiger partial charge is 0.490 e. The predicted molar refractivity (Wildman–Crippen MR) is 131 cm³/mol. The molecule has 3 aromatic rings. The Hall–Kier alpha value is -3.03. The quantitative estimate of drug-likeness (QED) is 0.333. The van der Waals surface area contributed by atoms with Gasteiger partial charge in [-0.2, -0.15) is 0 Å². The Kier molecular flexibility index (Phi) is 6.97. The summed E-state index contributed by atoms with van der Waals surface area (Å²) in [7, 11) is 0. The monoisotopic (exact) mass is 509 g/mol. The van der Waals surface area contributed by atoms with Gasteiger partial charge in [0, 0.05) is 4.47 Å². The van der Waals surface area contributed by atoms with Gasteiger partial charge in [0.2, 0.25) is 0 Å². The maximum absolute atomic E-state index is 12.8. The summed E-state index contributed by atoms with van der Waals surface area (Å²) in [6, 6.07) is 22.3. The number of anilines is 1. The summed E-state index contributed by atoms with van der Waals surface area (Å²) in [4.78, 5) is 26.8. The smallest absolute Gasteiger partial charge is 0.298 e. The zero-order chi connectivity index (χ0) is 22.5. The van der Waals surface area contributed by atoms with Gasteiger partial charge in [-0.1, -0.05) is 52.3 Å². The first kappa shape index (κ1) is 22.2. The van der Waals surface area contributed by atoms with Gasteiger partial charge in [-0.3, -0.25) is 9.59 Å². The van der Waals surface area contributed by atoms with Gasteiger partial charge < -0.3 is 9.47 Å². The maximum atomic E-state index is 12.8. The normalized spacial score (nSPS) is 14.8. The Balaban J connectivity index is 1.54. The third kappa shape index (κ3) is 5.06. The van der Waals surface area contributed by atoms with Gasteiger partial charge in [0.05, 0.1) is 17.2 Å². The highest BCUT2D eigenvalue weighted by molar-refractivity contribution is 9.10. The second-order valence-electron chi connectivity index (χ2n) is 6.91. The first-order valence-electron chi connectivity index (χ1n) is 10.0. The van der Waals surface area contributed by atoms with Crippen molar-refractivity contribution in [2.45, 2.75) is 13.5 Å². The molecule has 0 aromatic heterocycles. The van der Waals surface area contributed by atoms with Crippen molar-refractivity contribution >= 4 is 50.6 Å². The second-order valence-corrected chi connectivity index (χ2v) is 8.82. The van der Waals surface area contributed by atoms with Crippen molar-refractivity contribution < 1.29 is 19.1 Å². The lowest BCUT2D eigenvalue weighted by Crippen LogP contribution is -2.27. The van der Waals surface area contributed by atoms with Crippen LogP contribution in [0.25, 0.3) is 6.08 Å². The Labute approximate surface area is 199 Å². The van der Waals surface area contributed by atoms with E-state index in [1.807, 2.05) is 55.5 Å². The average molecular weight is 510 g/mol. The molecule has 0 bridgehead atoms. The van der Waals surface area contributed by atoms with Crippen molar-refractivity contribution in [2.24, 2.45) is 0 Å². The molecule has 0 saturated carbocycles. The molecule has 1 fully saturated rings. The van der Waals surface area contributed by atoms with E-state index in [4.69, 9.17) is 9.47 Å². The van der Waals surface area contributed by atoms with E-state index in [0.29, 0.717) is 35.3 Å². The molecule has 5 nitrogen and oxygen atoms in total. The molecule has 162 valence electrons. The fourth-order valence-electron chi connectivity index (χ4n) is 3.16. The van der Waals surface area contributed by atoms with Crippen LogP contribution in [0.1, 0.15) is 18.1 Å². The van der Waals surface area contributed by atoms with Crippen LogP contribution in [0.4, 0.5) is 10.5 Å². The van der Waals surface area contributed by atoms with Crippen molar-refractivity contribution in [1.82, 2.24) is 0 Å². The highest BCUT2D eigenvalue weighted by atomic mass is 79.9. The lowest BCUT2D eigenvalue weighted by atomic mass is 10.1. The number of benzene rings is 3. The molecule has 0 atom stereocenters. The van der Waals surface area contributed by atoms with E-state index in [0.717, 1.165) is 27.4 Å². The van der Waals surface area contributed by atoms with Crippen LogP contribution in [0.2, 0.25) is 0 Å². The minimum atomic E-state index is -0.334. The first-order chi connectivity index (χ1) is 15.5. The third-order valence-corrected chi connectivity index (χ3v) is 6.08. The van der Waals surface area contributed by atoms with Crippen LogP contribution in [0.15, 0.2) is 82.2 Å². The van der Waals surface area contributed by atoms with Gasteiger partial charge in [-0.05, 0) is 72.3 Å². The minimum absolute atomic E-state index is 0.313. The number of carbonyl (C=O) groups is 2. The topological polar surface area (TPSA) is 55.8 Å². The number of ether oxygens (including phenoxy) is 2. The fraction of sp³-hybridized carbons (Fsp3) is 0.120. The van der Waals surface area contributed by atoms with Crippen LogP contribution >= 0.6 is 27.7 Å². The summed E-state index contributed by atoms with van der Waals surface area (Å²) in [5.74, 6) is 0.865. The summed E-state index contributed by atoms with van der Waals surface area (Å²) in [5.41, 5.74) is 2.35. The van der Waals surface area contributed by atoms with Gasteiger partial charge >= 0.3 is 0 Å². The highest BCUT2D eigenvalue weighted by Crippen LogP contribution is 2.37. The fourth-order valence-corrected chi connectivity index (χ4v) is 4.27. The van der Waals surface area contributed by atoms with Gasteiger partial charge in [-0.15, -0.1) is 0 Å². The van der Waals surface area contributed by atoms with Crippen molar-refractivity contribution in [3.8, 4) is 11.5 Å². The molecule has 3 aromatic carbocycles. The Morgan fingerprint density at radius 3 is 2.41 bits per heavy atom. The summed E-state index contributed by atoms with van der Waals surface area (Å²) >= 11 is 4.35. The molecule has 7 heteroatoms. The summed E-state index contributed by atoms with van der Waals surface area (Å²) < 4.78 is 12.7. The SMILES string of the molecule is CCOc1cc(/C=C2\SC(=O)N(c3ccccc3)C2=O)ccc1OCc1ccc(Br)cc1. The van der Waals surface area contributed by atoms with E-state index in [2.05, 4.69) is 15.9 Å². The predicted octanol–water partition coefficient (Wildman–Crippen LogP) is 6.67. The number of thioether (sulfide) groups is 1. The van der Waals surface area contributed by atoms with Crippen molar-refractivity contribution in [2.75, 3.05) is 11.5 Å². The van der Waals surface area contributed by atoms with Crippen molar-refractivity contribution in [3.05, 3.63) is 93.3 Å². The Morgan fingerprint density at radius 1 is 0.938 bits per heavy atom. The number of rotatable bonds is 7. The van der Waals surface area contributed by atoms with E-state index in [-0.39, 0.29) is 11.1 Å². The van der Waals surface area contributed by atoms with E-state index in [9.17, 15) is 9.59 Å². The number of carbonyl (C=O) groups excluding carboxylic acids is 2. The molecule has 1 aliphatic rings. The van der Waals surface area contributed by atoms with Gasteiger partial charge in [0.15, 0.2) is 11.5 Å². The molecule has 0 unspecified atom stereocenters. The third-order valence-electron chi connectivity index (χ3n) is 4.68. The standard InChI is InChI=1S/C25H20BrNO4S/c1-2-30-22-14-18(10-13-21(22)31-16-17-8-11-19(26)12-9-17)15-23-24(28)27(25(29)32-23)20-6-4-3-5-7-20/h3-15H,2,16H2,1H3/b23-15-. The second kappa shape index (κ2) is 10.1. The molecule has 1 heterocycles. The lowest BCUT2D eigenvalue weighted by Gasteiger charge is -2.13. The summed E-state index contributed by atoms with van der Waals surface area (Å²) in [5, 5.41) is -0.313. The Morgan fingerprint density at radius 2 is 1.69 bits per heavy atom. The number of amides is 2. The summed E-state index contributed by atoms with van der Waals surface area (Å²) in [6.45, 7) is 2.78. The van der Waals surface area contributed by atoms with E-state index in [1.54, 1.807) is 30.3 Å². The molecule has 2 amide bonds. The molecule has 0 aliphatic carbocycles. The van der Waals surface area contributed by atoms with E-state index < -0.39 is 0 Å². The molecule has 1 aliphatic heterocycles. The molecular formula is C25H20BrNO4S. The van der Waals surface area contributed by atoms with Crippen molar-refractivity contribution in [1.29, 1.82) is 0 Å². The zero-order valence-electron chi connectivity index (χ0n) is 17.3. The van der Waals surface area contributed by atoms with Gasteiger partial charge in [-0.25, -0.2) is 4.90 Å². The molecule has 4 rings (SSSR count). The Bertz CT molecular complexity index is 1160. The van der Waals surface area contributed by atoms with Gasteiger partial charge in [0.25, 0.3) is 11.1 Å². The van der Waals surface area contributed by atoms with Crippen LogP contribution in [0.5, 0.6) is 11.5 Å². The van der Waals surface area contributed by atoms with Gasteiger partial charge in [0.1, 0.15) is 6.61 Å². The van der Waals surface area contributed by atoms with Crippen LogP contribution in [0.3, 0.4) is 0 Å². The number of para-hydroxylation sites is 1. The molecule has 32 heavy (non-hydrogen) atoms. The molecule has 0 spiro atoms. The van der Waals surface area contributed by atoms with Crippen molar-refractivity contribution in [3.63, 3.8) is 0 Å². The highest BCUT2D eigenvalue weighted by Gasteiger charge is 2.36. The molecule has 0 radical (unpaired) electrons. The number of nitrogens with zero attached hydrogens (tertiary/aromatic N) is 1. The minimum Gasteiger partial charge on any atom is -0.490 e.